The zero-order valence-corrected chi connectivity index (χ0v) is 16.6. The molecule has 1 amide bonds. The standard InChI is InChI=1S/C18H27N5O2S/c1-4-22-8-10-23(11-9-22)7-5-6-19-16(24)15-13(2)14-17(26-15)20-12-21(3)18(14)25/h12H,4-11H2,1-3H3,(H,19,24). The topological polar surface area (TPSA) is 70.5 Å². The number of aromatic nitrogens is 2. The first kappa shape index (κ1) is 19.0. The molecule has 0 radical (unpaired) electrons. The number of hydrogen-bond donors (Lipinski definition) is 1. The number of carbonyl (C=O) groups is 1. The number of aryl methyl sites for hydroxylation is 2. The highest BCUT2D eigenvalue weighted by Gasteiger charge is 2.19. The SMILES string of the molecule is CCN1CCN(CCCNC(=O)c2sc3ncn(C)c(=O)c3c2C)CC1. The minimum absolute atomic E-state index is 0.103. The summed E-state index contributed by atoms with van der Waals surface area (Å²) >= 11 is 1.29. The molecule has 0 bridgehead atoms. The Hall–Kier alpha value is -1.77. The minimum Gasteiger partial charge on any atom is -0.351 e. The van der Waals surface area contributed by atoms with Crippen LogP contribution in [0, 0.1) is 6.92 Å². The lowest BCUT2D eigenvalue weighted by molar-refractivity contribution is 0.0952. The molecule has 0 saturated carbocycles. The molecule has 0 unspecified atom stereocenters. The summed E-state index contributed by atoms with van der Waals surface area (Å²) in [7, 11) is 1.67. The lowest BCUT2D eigenvalue weighted by Gasteiger charge is -2.33. The third kappa shape index (κ3) is 3.97. The fourth-order valence-corrected chi connectivity index (χ4v) is 4.40. The maximum absolute atomic E-state index is 12.5. The molecule has 8 heteroatoms. The normalized spacial score (nSPS) is 16.3. The Balaban J connectivity index is 1.53. The predicted molar refractivity (Wildman–Crippen MR) is 105 cm³/mol. The van der Waals surface area contributed by atoms with E-state index in [4.69, 9.17) is 0 Å². The number of fused-ring (bicyclic) bond motifs is 1. The zero-order chi connectivity index (χ0) is 18.7. The number of nitrogens with one attached hydrogen (secondary N) is 1. The van der Waals surface area contributed by atoms with Gasteiger partial charge in [-0.15, -0.1) is 11.3 Å². The third-order valence-electron chi connectivity index (χ3n) is 5.07. The van der Waals surface area contributed by atoms with Crippen LogP contribution in [-0.4, -0.2) is 71.1 Å². The van der Waals surface area contributed by atoms with Gasteiger partial charge in [-0.2, -0.15) is 0 Å². The van der Waals surface area contributed by atoms with E-state index in [2.05, 4.69) is 27.0 Å². The molecule has 1 fully saturated rings. The molecular weight excluding hydrogens is 350 g/mol. The Kier molecular flexibility index (Phi) is 6.05. The second-order valence-electron chi connectivity index (χ2n) is 6.78. The van der Waals surface area contributed by atoms with Crippen molar-refractivity contribution < 1.29 is 4.79 Å². The third-order valence-corrected chi connectivity index (χ3v) is 6.26. The summed E-state index contributed by atoms with van der Waals surface area (Å²) in [5, 5.41) is 3.55. The van der Waals surface area contributed by atoms with Crippen molar-refractivity contribution in [1.29, 1.82) is 0 Å². The predicted octanol–water partition coefficient (Wildman–Crippen LogP) is 1.06. The van der Waals surface area contributed by atoms with Crippen LogP contribution >= 0.6 is 11.3 Å². The first-order valence-electron chi connectivity index (χ1n) is 9.19. The van der Waals surface area contributed by atoms with Crippen molar-refractivity contribution in [3.8, 4) is 0 Å². The van der Waals surface area contributed by atoms with Crippen molar-refractivity contribution in [1.82, 2.24) is 24.7 Å². The molecule has 2 aromatic heterocycles. The van der Waals surface area contributed by atoms with E-state index in [1.165, 1.54) is 22.2 Å². The number of likely N-dealkylation sites (N-methyl/N-ethyl adjacent to an activating group) is 1. The smallest absolute Gasteiger partial charge is 0.262 e. The maximum atomic E-state index is 12.5. The van der Waals surface area contributed by atoms with Gasteiger partial charge in [-0.3, -0.25) is 9.59 Å². The van der Waals surface area contributed by atoms with Crippen LogP contribution < -0.4 is 10.9 Å². The molecule has 1 saturated heterocycles. The van der Waals surface area contributed by atoms with Gasteiger partial charge >= 0.3 is 0 Å². The van der Waals surface area contributed by atoms with Crippen LogP contribution in [0.1, 0.15) is 28.6 Å². The largest absolute Gasteiger partial charge is 0.351 e. The molecule has 1 N–H and O–H groups in total. The monoisotopic (exact) mass is 377 g/mol. The van der Waals surface area contributed by atoms with E-state index in [0.717, 1.165) is 51.3 Å². The number of hydrogen-bond acceptors (Lipinski definition) is 6. The Labute approximate surface area is 157 Å². The van der Waals surface area contributed by atoms with Gasteiger partial charge in [-0.05, 0) is 32.0 Å². The lowest BCUT2D eigenvalue weighted by Crippen LogP contribution is -2.46. The van der Waals surface area contributed by atoms with Gasteiger partial charge in [0.15, 0.2) is 0 Å². The van der Waals surface area contributed by atoms with E-state index in [0.29, 0.717) is 21.6 Å². The fourth-order valence-electron chi connectivity index (χ4n) is 3.34. The summed E-state index contributed by atoms with van der Waals surface area (Å²) in [4.78, 5) is 35.2. The Morgan fingerprint density at radius 2 is 1.96 bits per heavy atom. The van der Waals surface area contributed by atoms with Crippen LogP contribution in [-0.2, 0) is 7.05 Å². The molecule has 3 rings (SSSR count). The molecule has 3 heterocycles. The highest BCUT2D eigenvalue weighted by molar-refractivity contribution is 7.20. The van der Waals surface area contributed by atoms with Crippen molar-refractivity contribution in [3.05, 3.63) is 27.1 Å². The van der Waals surface area contributed by atoms with E-state index in [-0.39, 0.29) is 11.5 Å². The van der Waals surface area contributed by atoms with Crippen LogP contribution in [0.15, 0.2) is 11.1 Å². The second-order valence-corrected chi connectivity index (χ2v) is 7.78. The van der Waals surface area contributed by atoms with Crippen molar-refractivity contribution in [3.63, 3.8) is 0 Å². The van der Waals surface area contributed by atoms with Crippen molar-refractivity contribution in [2.75, 3.05) is 45.8 Å². The number of rotatable bonds is 6. The molecule has 2 aromatic rings. The maximum Gasteiger partial charge on any atom is 0.262 e. The van der Waals surface area contributed by atoms with Crippen LogP contribution in [0.5, 0.6) is 0 Å². The second kappa shape index (κ2) is 8.28. The van der Waals surface area contributed by atoms with Gasteiger partial charge in [0.05, 0.1) is 16.6 Å². The number of carbonyl (C=O) groups excluding carboxylic acids is 1. The van der Waals surface area contributed by atoms with E-state index in [1.54, 1.807) is 7.05 Å². The number of thiophene rings is 1. The molecule has 1 aliphatic rings. The minimum atomic E-state index is -0.108. The van der Waals surface area contributed by atoms with Gasteiger partial charge in [0.1, 0.15) is 4.83 Å². The van der Waals surface area contributed by atoms with Crippen LogP contribution in [0.3, 0.4) is 0 Å². The van der Waals surface area contributed by atoms with Gasteiger partial charge < -0.3 is 19.7 Å². The number of amides is 1. The van der Waals surface area contributed by atoms with Crippen molar-refractivity contribution in [2.24, 2.45) is 7.05 Å². The molecule has 1 aliphatic heterocycles. The van der Waals surface area contributed by atoms with E-state index < -0.39 is 0 Å². The molecule has 142 valence electrons. The molecule has 26 heavy (non-hydrogen) atoms. The summed E-state index contributed by atoms with van der Waals surface area (Å²) < 4.78 is 1.45. The van der Waals surface area contributed by atoms with Gasteiger partial charge in [0.25, 0.3) is 11.5 Å². The molecule has 0 aliphatic carbocycles. The molecular formula is C18H27N5O2S. The highest BCUT2D eigenvalue weighted by atomic mass is 32.1. The van der Waals surface area contributed by atoms with E-state index in [1.807, 2.05) is 6.92 Å². The van der Waals surface area contributed by atoms with Crippen molar-refractivity contribution in [2.45, 2.75) is 20.3 Å². The van der Waals surface area contributed by atoms with Gasteiger partial charge in [-0.1, -0.05) is 6.92 Å². The summed E-state index contributed by atoms with van der Waals surface area (Å²) in [5.74, 6) is -0.108. The van der Waals surface area contributed by atoms with E-state index >= 15 is 0 Å². The molecule has 0 spiro atoms. The first-order chi connectivity index (χ1) is 12.5. The molecule has 0 atom stereocenters. The summed E-state index contributed by atoms with van der Waals surface area (Å²) in [5.41, 5.74) is 0.626. The number of piperazine rings is 1. The molecule has 0 aromatic carbocycles. The summed E-state index contributed by atoms with van der Waals surface area (Å²) in [6.07, 6.45) is 2.43. The average Bonchev–Trinajstić information content (AvgIpc) is 2.99. The van der Waals surface area contributed by atoms with Gasteiger partial charge in [0, 0.05) is 39.8 Å². The Bertz CT molecular complexity index is 836. The van der Waals surface area contributed by atoms with Crippen molar-refractivity contribution >= 4 is 27.5 Å². The summed E-state index contributed by atoms with van der Waals surface area (Å²) in [6.45, 7) is 11.3. The van der Waals surface area contributed by atoms with Gasteiger partial charge in [-0.25, -0.2) is 4.98 Å². The van der Waals surface area contributed by atoms with E-state index in [9.17, 15) is 9.59 Å². The van der Waals surface area contributed by atoms with Crippen LogP contribution in [0.2, 0.25) is 0 Å². The fraction of sp³-hybridized carbons (Fsp3) is 0.611. The van der Waals surface area contributed by atoms with Gasteiger partial charge in [0.2, 0.25) is 0 Å². The first-order valence-corrected chi connectivity index (χ1v) is 10.0. The average molecular weight is 378 g/mol. The number of nitrogens with zero attached hydrogens (tertiary/aromatic N) is 4. The Morgan fingerprint density at radius 1 is 1.27 bits per heavy atom. The Morgan fingerprint density at radius 3 is 2.65 bits per heavy atom. The van der Waals surface area contributed by atoms with Crippen LogP contribution in [0.4, 0.5) is 0 Å². The lowest BCUT2D eigenvalue weighted by atomic mass is 10.2. The quantitative estimate of drug-likeness (QED) is 0.763. The highest BCUT2D eigenvalue weighted by Crippen LogP contribution is 2.26. The zero-order valence-electron chi connectivity index (χ0n) is 15.7. The summed E-state index contributed by atoms with van der Waals surface area (Å²) in [6, 6.07) is 0. The van der Waals surface area contributed by atoms with Crippen LogP contribution in [0.25, 0.3) is 10.2 Å². The molecule has 7 nitrogen and oxygen atoms in total.